The summed E-state index contributed by atoms with van der Waals surface area (Å²) in [5.41, 5.74) is 0. The molecule has 3 fully saturated rings. The summed E-state index contributed by atoms with van der Waals surface area (Å²) < 4.78 is 5.48. The highest BCUT2D eigenvalue weighted by Gasteiger charge is 2.46. The van der Waals surface area contributed by atoms with Crippen LogP contribution in [0.25, 0.3) is 0 Å². The smallest absolute Gasteiger partial charge is 0.308 e. The first-order valence-corrected chi connectivity index (χ1v) is 7.27. The number of carbonyl (C=O) groups excluding carboxylic acids is 1. The minimum Gasteiger partial charge on any atom is -0.481 e. The molecule has 0 aromatic rings. The lowest BCUT2D eigenvalue weighted by Gasteiger charge is -2.18. The fraction of sp³-hybridized carbons (Fsp3) is 0.857. The molecule has 1 N–H and O–H groups in total. The molecule has 3 aliphatic rings. The molecular formula is C14H21NO4. The van der Waals surface area contributed by atoms with E-state index in [1.54, 1.807) is 4.90 Å². The van der Waals surface area contributed by atoms with Crippen LogP contribution in [-0.4, -0.2) is 47.7 Å². The normalized spacial score (nSPS) is 34.7. The van der Waals surface area contributed by atoms with E-state index in [0.717, 1.165) is 32.3 Å². The Bertz CT molecular complexity index is 374. The first kappa shape index (κ1) is 12.9. The van der Waals surface area contributed by atoms with E-state index in [-0.39, 0.29) is 23.8 Å². The van der Waals surface area contributed by atoms with E-state index in [1.165, 1.54) is 0 Å². The number of hydrogen-bond donors (Lipinski definition) is 1. The molecule has 3 atom stereocenters. The Balaban J connectivity index is 1.58. The molecule has 106 valence electrons. The van der Waals surface area contributed by atoms with Crippen molar-refractivity contribution in [3.63, 3.8) is 0 Å². The zero-order valence-corrected chi connectivity index (χ0v) is 11.1. The fourth-order valence-electron chi connectivity index (χ4n) is 3.43. The van der Waals surface area contributed by atoms with Gasteiger partial charge in [-0.2, -0.15) is 0 Å². The maximum Gasteiger partial charge on any atom is 0.308 e. The van der Waals surface area contributed by atoms with Crippen molar-refractivity contribution in [2.75, 3.05) is 19.7 Å². The molecule has 19 heavy (non-hydrogen) atoms. The molecule has 0 radical (unpaired) electrons. The van der Waals surface area contributed by atoms with Crippen molar-refractivity contribution in [2.24, 2.45) is 17.8 Å². The molecule has 0 spiro atoms. The average Bonchev–Trinajstić information content (AvgIpc) is 2.92. The Morgan fingerprint density at radius 3 is 2.58 bits per heavy atom. The van der Waals surface area contributed by atoms with Gasteiger partial charge in [-0.05, 0) is 37.5 Å². The number of rotatable bonds is 4. The minimum atomic E-state index is -0.746. The highest BCUT2D eigenvalue weighted by molar-refractivity contribution is 5.79. The van der Waals surface area contributed by atoms with Crippen LogP contribution in [0.15, 0.2) is 0 Å². The topological polar surface area (TPSA) is 66.8 Å². The van der Waals surface area contributed by atoms with Crippen molar-refractivity contribution in [1.82, 2.24) is 4.90 Å². The second kappa shape index (κ2) is 5.12. The summed E-state index contributed by atoms with van der Waals surface area (Å²) in [6.07, 6.45) is 4.71. The van der Waals surface area contributed by atoms with Crippen molar-refractivity contribution >= 4 is 11.9 Å². The van der Waals surface area contributed by atoms with Crippen molar-refractivity contribution < 1.29 is 19.4 Å². The monoisotopic (exact) mass is 267 g/mol. The van der Waals surface area contributed by atoms with Gasteiger partial charge in [-0.15, -0.1) is 0 Å². The number of hydrogen-bond acceptors (Lipinski definition) is 3. The quantitative estimate of drug-likeness (QED) is 0.829. The van der Waals surface area contributed by atoms with E-state index in [9.17, 15) is 14.7 Å². The number of carboxylic acids is 1. The number of nitrogens with zero attached hydrogens (tertiary/aromatic N) is 1. The van der Waals surface area contributed by atoms with Crippen LogP contribution < -0.4 is 0 Å². The molecule has 5 heteroatoms. The molecule has 3 rings (SSSR count). The summed E-state index contributed by atoms with van der Waals surface area (Å²) in [5, 5.41) is 9.28. The van der Waals surface area contributed by atoms with E-state index in [4.69, 9.17) is 4.74 Å². The zero-order valence-electron chi connectivity index (χ0n) is 11.1. The second-order valence-corrected chi connectivity index (χ2v) is 6.08. The van der Waals surface area contributed by atoms with Gasteiger partial charge in [0.1, 0.15) is 0 Å². The van der Waals surface area contributed by atoms with Gasteiger partial charge < -0.3 is 14.7 Å². The molecule has 1 amide bonds. The second-order valence-electron chi connectivity index (χ2n) is 6.08. The third-order valence-electron chi connectivity index (χ3n) is 4.69. The van der Waals surface area contributed by atoms with Gasteiger partial charge in [-0.1, -0.05) is 0 Å². The van der Waals surface area contributed by atoms with Crippen LogP contribution in [0.5, 0.6) is 0 Å². The summed E-state index contributed by atoms with van der Waals surface area (Å²) >= 11 is 0. The van der Waals surface area contributed by atoms with Crippen LogP contribution in [-0.2, 0) is 14.3 Å². The van der Waals surface area contributed by atoms with Crippen LogP contribution in [0.1, 0.15) is 32.1 Å². The van der Waals surface area contributed by atoms with Crippen molar-refractivity contribution in [3.05, 3.63) is 0 Å². The first-order valence-electron chi connectivity index (χ1n) is 7.27. The average molecular weight is 267 g/mol. The van der Waals surface area contributed by atoms with Crippen molar-refractivity contribution in [3.8, 4) is 0 Å². The van der Waals surface area contributed by atoms with Crippen LogP contribution in [0.2, 0.25) is 0 Å². The standard InChI is InChI=1S/C14H21NO4/c16-13(6-10-2-1-5-19-10)15-7-11(9-3-4-9)12(8-15)14(17)18/h9-12H,1-8H2,(H,17,18)/t10?,11-,12+/m1/s1. The van der Waals surface area contributed by atoms with E-state index in [0.29, 0.717) is 25.4 Å². The van der Waals surface area contributed by atoms with Crippen LogP contribution in [0, 0.1) is 17.8 Å². The Hall–Kier alpha value is -1.10. The number of likely N-dealkylation sites (tertiary alicyclic amines) is 1. The molecule has 5 nitrogen and oxygen atoms in total. The maximum absolute atomic E-state index is 12.2. The molecule has 1 unspecified atom stereocenters. The molecule has 2 saturated heterocycles. The van der Waals surface area contributed by atoms with E-state index >= 15 is 0 Å². The lowest BCUT2D eigenvalue weighted by Crippen LogP contribution is -2.32. The lowest BCUT2D eigenvalue weighted by molar-refractivity contribution is -0.142. The van der Waals surface area contributed by atoms with Crippen LogP contribution >= 0.6 is 0 Å². The Morgan fingerprint density at radius 1 is 1.21 bits per heavy atom. The van der Waals surface area contributed by atoms with Crippen molar-refractivity contribution in [1.29, 1.82) is 0 Å². The Morgan fingerprint density at radius 2 is 2.00 bits per heavy atom. The maximum atomic E-state index is 12.2. The predicted octanol–water partition coefficient (Wildman–Crippen LogP) is 1.12. The van der Waals surface area contributed by atoms with Gasteiger partial charge in [0, 0.05) is 19.7 Å². The zero-order chi connectivity index (χ0) is 13.4. The lowest BCUT2D eigenvalue weighted by atomic mass is 9.92. The molecule has 0 aromatic carbocycles. The summed E-state index contributed by atoms with van der Waals surface area (Å²) in [5.74, 6) is -0.334. The number of amides is 1. The van der Waals surface area contributed by atoms with Crippen LogP contribution in [0.3, 0.4) is 0 Å². The summed E-state index contributed by atoms with van der Waals surface area (Å²) in [6, 6.07) is 0. The number of ether oxygens (including phenoxy) is 1. The van der Waals surface area contributed by atoms with Gasteiger partial charge in [0.15, 0.2) is 0 Å². The molecule has 2 aliphatic heterocycles. The molecular weight excluding hydrogens is 246 g/mol. The number of carboxylic acid groups (broad SMARTS) is 1. The minimum absolute atomic E-state index is 0.0516. The summed E-state index contributed by atoms with van der Waals surface area (Å²) in [6.45, 7) is 1.77. The molecule has 1 aliphatic carbocycles. The largest absolute Gasteiger partial charge is 0.481 e. The van der Waals surface area contributed by atoms with E-state index < -0.39 is 5.97 Å². The van der Waals surface area contributed by atoms with Gasteiger partial charge in [-0.3, -0.25) is 9.59 Å². The highest BCUT2D eigenvalue weighted by atomic mass is 16.5. The Kier molecular flexibility index (Phi) is 3.48. The van der Waals surface area contributed by atoms with Gasteiger partial charge >= 0.3 is 5.97 Å². The third-order valence-corrected chi connectivity index (χ3v) is 4.69. The van der Waals surface area contributed by atoms with Gasteiger partial charge in [0.25, 0.3) is 0 Å². The van der Waals surface area contributed by atoms with E-state index in [2.05, 4.69) is 0 Å². The number of carbonyl (C=O) groups is 2. The number of aliphatic carboxylic acids is 1. The van der Waals surface area contributed by atoms with Crippen molar-refractivity contribution in [2.45, 2.75) is 38.2 Å². The van der Waals surface area contributed by atoms with Gasteiger partial charge in [-0.25, -0.2) is 0 Å². The molecule has 0 aromatic heterocycles. The summed E-state index contributed by atoms with van der Waals surface area (Å²) in [7, 11) is 0. The Labute approximate surface area is 112 Å². The van der Waals surface area contributed by atoms with E-state index in [1.807, 2.05) is 0 Å². The van der Waals surface area contributed by atoms with Gasteiger partial charge in [0.2, 0.25) is 5.91 Å². The van der Waals surface area contributed by atoms with Crippen LogP contribution in [0.4, 0.5) is 0 Å². The van der Waals surface area contributed by atoms with Gasteiger partial charge in [0.05, 0.1) is 18.4 Å². The third kappa shape index (κ3) is 2.76. The highest BCUT2D eigenvalue weighted by Crippen LogP contribution is 2.44. The SMILES string of the molecule is O=C(O)[C@H]1CN(C(=O)CC2CCCO2)C[C@@H]1C1CC1. The predicted molar refractivity (Wildman–Crippen MR) is 67.5 cm³/mol. The molecule has 2 heterocycles. The first-order chi connectivity index (χ1) is 9.15. The molecule has 1 saturated carbocycles. The molecule has 0 bridgehead atoms. The summed E-state index contributed by atoms with van der Waals surface area (Å²) in [4.78, 5) is 25.3. The fourth-order valence-corrected chi connectivity index (χ4v) is 3.43.